The van der Waals surface area contributed by atoms with Gasteiger partial charge >= 0.3 is 148 Å². The standard InChI is InChI=1S/C21H23O3P/c1-15-14-16(2)21(17(3)20(15)18-10-6-4-7-11-18)25(22,23,24)19-12-8-5-9-13-19/h4-14,22-24H,1-3H3. The van der Waals surface area contributed by atoms with E-state index < -0.39 is 7.28 Å². The van der Waals surface area contributed by atoms with E-state index in [4.69, 9.17) is 0 Å². The normalized spacial score (nSPS) is 13.3. The minimum absolute atomic E-state index is 0.141. The molecule has 0 atom stereocenters. The van der Waals surface area contributed by atoms with Crippen LogP contribution in [0.1, 0.15) is 16.7 Å². The second kappa shape index (κ2) is 6.05. The molecule has 3 nitrogen and oxygen atoms in total. The summed E-state index contributed by atoms with van der Waals surface area (Å²) in [6.45, 7) is 5.64. The first-order valence-electron chi connectivity index (χ1n) is 8.20. The average molecular weight is 354 g/mol. The van der Waals surface area contributed by atoms with Crippen LogP contribution < -0.4 is 10.6 Å². The Morgan fingerprint density at radius 2 is 1.20 bits per heavy atom. The van der Waals surface area contributed by atoms with Gasteiger partial charge in [-0.2, -0.15) is 0 Å². The Morgan fingerprint density at radius 1 is 0.680 bits per heavy atom. The van der Waals surface area contributed by atoms with Crippen molar-refractivity contribution in [1.29, 1.82) is 0 Å². The molecule has 4 heteroatoms. The molecule has 0 aliphatic heterocycles. The predicted molar refractivity (Wildman–Crippen MR) is 105 cm³/mol. The molecule has 25 heavy (non-hydrogen) atoms. The van der Waals surface area contributed by atoms with Crippen molar-refractivity contribution < 1.29 is 14.7 Å². The molecular weight excluding hydrogens is 331 g/mol. The molecule has 0 amide bonds. The van der Waals surface area contributed by atoms with Gasteiger partial charge in [0.05, 0.1) is 0 Å². The second-order valence-corrected chi connectivity index (χ2v) is 9.46. The molecule has 0 aliphatic rings. The van der Waals surface area contributed by atoms with Gasteiger partial charge in [-0.05, 0) is 0 Å². The van der Waals surface area contributed by atoms with Gasteiger partial charge in [0.25, 0.3) is 0 Å². The molecule has 3 rings (SSSR count). The van der Waals surface area contributed by atoms with Gasteiger partial charge < -0.3 is 0 Å². The summed E-state index contributed by atoms with van der Waals surface area (Å²) in [5, 5.41) is 0.365. The third kappa shape index (κ3) is 3.01. The molecule has 0 fully saturated rings. The molecule has 0 heterocycles. The summed E-state index contributed by atoms with van der Waals surface area (Å²) in [5.41, 5.74) is 4.30. The monoisotopic (exact) mass is 354 g/mol. The van der Waals surface area contributed by atoms with Crippen molar-refractivity contribution >= 4 is 17.9 Å². The van der Waals surface area contributed by atoms with Gasteiger partial charge in [0.1, 0.15) is 0 Å². The van der Waals surface area contributed by atoms with Crippen LogP contribution >= 0.6 is 7.28 Å². The van der Waals surface area contributed by atoms with E-state index in [-0.39, 0.29) is 10.6 Å². The molecule has 3 N–H and O–H groups in total. The summed E-state index contributed by atoms with van der Waals surface area (Å²) in [5.74, 6) is 0. The van der Waals surface area contributed by atoms with Crippen LogP contribution in [0.4, 0.5) is 0 Å². The molecule has 0 saturated carbocycles. The number of aryl methyl sites for hydroxylation is 2. The zero-order valence-corrected chi connectivity index (χ0v) is 15.5. The Morgan fingerprint density at radius 3 is 1.76 bits per heavy atom. The Kier molecular flexibility index (Phi) is 4.30. The van der Waals surface area contributed by atoms with E-state index in [0.29, 0.717) is 11.1 Å². The van der Waals surface area contributed by atoms with Crippen LogP contribution in [-0.4, -0.2) is 14.7 Å². The van der Waals surface area contributed by atoms with Crippen LogP contribution in [0.15, 0.2) is 66.7 Å². The van der Waals surface area contributed by atoms with Crippen LogP contribution in [0.25, 0.3) is 11.1 Å². The van der Waals surface area contributed by atoms with Crippen molar-refractivity contribution in [3.05, 3.63) is 83.4 Å². The van der Waals surface area contributed by atoms with E-state index in [0.717, 1.165) is 16.7 Å². The van der Waals surface area contributed by atoms with Gasteiger partial charge in [-0.1, -0.05) is 0 Å². The van der Waals surface area contributed by atoms with E-state index in [9.17, 15) is 14.7 Å². The fraction of sp³-hybridized carbons (Fsp3) is 0.143. The molecule has 130 valence electrons. The van der Waals surface area contributed by atoms with Crippen molar-refractivity contribution in [2.24, 2.45) is 0 Å². The molecule has 0 unspecified atom stereocenters. The van der Waals surface area contributed by atoms with Gasteiger partial charge in [-0.25, -0.2) is 0 Å². The van der Waals surface area contributed by atoms with Crippen LogP contribution in [0, 0.1) is 20.8 Å². The summed E-state index contributed by atoms with van der Waals surface area (Å²) < 4.78 is 0. The molecular formula is C21H23O3P. The van der Waals surface area contributed by atoms with Gasteiger partial charge in [-0.3, -0.25) is 0 Å². The average Bonchev–Trinajstić information content (AvgIpc) is 2.55. The Labute approximate surface area is 148 Å². The third-order valence-electron chi connectivity index (χ3n) is 4.64. The molecule has 0 spiro atoms. The molecule has 0 aliphatic carbocycles. The first-order chi connectivity index (χ1) is 11.7. The molecule has 3 aromatic carbocycles. The van der Waals surface area contributed by atoms with Crippen molar-refractivity contribution in [3.63, 3.8) is 0 Å². The maximum absolute atomic E-state index is 11.1. The molecule has 0 radical (unpaired) electrons. The quantitative estimate of drug-likeness (QED) is 0.631. The van der Waals surface area contributed by atoms with Gasteiger partial charge in [0, 0.05) is 0 Å². The molecule has 0 bridgehead atoms. The van der Waals surface area contributed by atoms with Gasteiger partial charge in [0.2, 0.25) is 0 Å². The third-order valence-corrected chi connectivity index (χ3v) is 7.40. The number of benzene rings is 3. The van der Waals surface area contributed by atoms with Gasteiger partial charge in [-0.15, -0.1) is 0 Å². The Bertz CT molecular complexity index is 911. The van der Waals surface area contributed by atoms with Crippen molar-refractivity contribution in [2.75, 3.05) is 0 Å². The molecule has 3 aromatic rings. The fourth-order valence-electron chi connectivity index (χ4n) is 3.69. The van der Waals surface area contributed by atoms with Crippen LogP contribution in [0.5, 0.6) is 0 Å². The summed E-state index contributed by atoms with van der Waals surface area (Å²) in [6, 6.07) is 20.0. The fourth-order valence-corrected chi connectivity index (χ4v) is 6.11. The van der Waals surface area contributed by atoms with Crippen LogP contribution in [-0.2, 0) is 0 Å². The summed E-state index contributed by atoms with van der Waals surface area (Å²) in [4.78, 5) is 33.3. The van der Waals surface area contributed by atoms with E-state index >= 15 is 0 Å². The number of rotatable bonds is 3. The Balaban J connectivity index is 2.35. The first-order valence-corrected chi connectivity index (χ1v) is 10.3. The first kappa shape index (κ1) is 17.8. The van der Waals surface area contributed by atoms with Crippen molar-refractivity contribution in [1.82, 2.24) is 0 Å². The SMILES string of the molecule is Cc1cc(C)c(P(O)(O)(O)c2ccccc2)c(C)c1-c1ccccc1. The summed E-state index contributed by atoms with van der Waals surface area (Å²) in [7, 11) is -5.22. The van der Waals surface area contributed by atoms with E-state index in [1.165, 1.54) is 0 Å². The summed E-state index contributed by atoms with van der Waals surface area (Å²) in [6.07, 6.45) is 0. The topological polar surface area (TPSA) is 60.7 Å². The minimum atomic E-state index is -5.22. The van der Waals surface area contributed by atoms with E-state index in [1.54, 1.807) is 37.3 Å². The number of hydrogen-bond donors (Lipinski definition) is 3. The van der Waals surface area contributed by atoms with Crippen molar-refractivity contribution in [2.45, 2.75) is 20.8 Å². The van der Waals surface area contributed by atoms with Crippen molar-refractivity contribution in [3.8, 4) is 11.1 Å². The van der Waals surface area contributed by atoms with E-state index in [2.05, 4.69) is 0 Å². The molecule has 0 aromatic heterocycles. The number of hydrogen-bond acceptors (Lipinski definition) is 3. The zero-order valence-electron chi connectivity index (χ0n) is 14.6. The second-order valence-electron chi connectivity index (χ2n) is 6.54. The van der Waals surface area contributed by atoms with Gasteiger partial charge in [0.15, 0.2) is 0 Å². The Hall–Kier alpha value is -2.03. The van der Waals surface area contributed by atoms with Crippen LogP contribution in [0.3, 0.4) is 0 Å². The molecule has 0 saturated heterocycles. The van der Waals surface area contributed by atoms with Crippen LogP contribution in [0.2, 0.25) is 0 Å². The summed E-state index contributed by atoms with van der Waals surface area (Å²) >= 11 is 0. The zero-order chi connectivity index (χ0) is 18.3. The predicted octanol–water partition coefficient (Wildman–Crippen LogP) is 3.50. The maximum atomic E-state index is 11.1. The van der Waals surface area contributed by atoms with E-state index in [1.807, 2.05) is 50.2 Å².